The maximum absolute atomic E-state index is 13.0. The normalized spacial score (nSPS) is 11.1. The Labute approximate surface area is 159 Å². The summed E-state index contributed by atoms with van der Waals surface area (Å²) >= 11 is 3.42. The van der Waals surface area contributed by atoms with Gasteiger partial charge in [0.15, 0.2) is 5.76 Å². The Bertz CT molecular complexity index is 1000. The Hall–Kier alpha value is -2.44. The summed E-state index contributed by atoms with van der Waals surface area (Å²) in [5.41, 5.74) is 1.68. The van der Waals surface area contributed by atoms with E-state index in [0.717, 1.165) is 22.3 Å². The van der Waals surface area contributed by atoms with E-state index in [0.29, 0.717) is 18.1 Å². The van der Waals surface area contributed by atoms with Gasteiger partial charge in [-0.1, -0.05) is 24.3 Å². The van der Waals surface area contributed by atoms with Gasteiger partial charge in [-0.05, 0) is 29.6 Å². The summed E-state index contributed by atoms with van der Waals surface area (Å²) in [6.45, 7) is 0.403. The SMILES string of the molecule is CN(Cc1ccco1)C(=O)c1oc2ccccc2c1CSc1cccs1. The second-order valence-corrected chi connectivity index (χ2v) is 8.09. The number of nitrogens with zero attached hydrogens (tertiary/aromatic N) is 1. The lowest BCUT2D eigenvalue weighted by molar-refractivity contribution is 0.0745. The van der Waals surface area contributed by atoms with Gasteiger partial charge in [0.05, 0.1) is 17.0 Å². The van der Waals surface area contributed by atoms with Crippen molar-refractivity contribution in [2.24, 2.45) is 0 Å². The Balaban J connectivity index is 1.64. The molecule has 0 aliphatic carbocycles. The van der Waals surface area contributed by atoms with Crippen LogP contribution in [0.1, 0.15) is 21.9 Å². The highest BCUT2D eigenvalue weighted by molar-refractivity contribution is 8.00. The first-order valence-electron chi connectivity index (χ1n) is 8.17. The van der Waals surface area contributed by atoms with Gasteiger partial charge in [0.2, 0.25) is 0 Å². The first-order chi connectivity index (χ1) is 12.7. The summed E-state index contributed by atoms with van der Waals surface area (Å²) in [7, 11) is 1.76. The molecule has 132 valence electrons. The maximum Gasteiger partial charge on any atom is 0.290 e. The molecular formula is C20H17NO3S2. The van der Waals surface area contributed by atoms with E-state index in [-0.39, 0.29) is 5.91 Å². The Kier molecular flexibility index (Phi) is 4.86. The number of benzene rings is 1. The van der Waals surface area contributed by atoms with E-state index in [1.54, 1.807) is 41.3 Å². The molecule has 26 heavy (non-hydrogen) atoms. The zero-order valence-electron chi connectivity index (χ0n) is 14.2. The molecule has 0 unspecified atom stereocenters. The van der Waals surface area contributed by atoms with Crippen molar-refractivity contribution < 1.29 is 13.6 Å². The molecule has 0 aliphatic rings. The number of furan rings is 2. The molecule has 0 atom stereocenters. The third-order valence-corrected chi connectivity index (χ3v) is 6.22. The molecule has 3 aromatic heterocycles. The minimum atomic E-state index is -0.139. The number of thioether (sulfide) groups is 1. The van der Waals surface area contributed by atoms with E-state index in [2.05, 4.69) is 11.4 Å². The van der Waals surface area contributed by atoms with Crippen molar-refractivity contribution in [3.63, 3.8) is 0 Å². The minimum Gasteiger partial charge on any atom is -0.467 e. The fraction of sp³-hybridized carbons (Fsp3) is 0.150. The maximum atomic E-state index is 13.0. The van der Waals surface area contributed by atoms with Gasteiger partial charge < -0.3 is 13.7 Å². The number of thiophene rings is 1. The molecule has 1 amide bonds. The van der Waals surface area contributed by atoms with Gasteiger partial charge in [0.1, 0.15) is 11.3 Å². The summed E-state index contributed by atoms with van der Waals surface area (Å²) < 4.78 is 12.5. The smallest absolute Gasteiger partial charge is 0.290 e. The van der Waals surface area contributed by atoms with Crippen LogP contribution in [0.15, 0.2) is 73.2 Å². The lowest BCUT2D eigenvalue weighted by atomic mass is 10.1. The van der Waals surface area contributed by atoms with Crippen LogP contribution in [-0.4, -0.2) is 17.9 Å². The molecule has 0 fully saturated rings. The van der Waals surface area contributed by atoms with Crippen LogP contribution in [0.2, 0.25) is 0 Å². The van der Waals surface area contributed by atoms with E-state index in [4.69, 9.17) is 8.83 Å². The van der Waals surface area contributed by atoms with Gasteiger partial charge in [-0.25, -0.2) is 0 Å². The molecule has 0 N–H and O–H groups in total. The van der Waals surface area contributed by atoms with Gasteiger partial charge in [0.25, 0.3) is 5.91 Å². The zero-order valence-corrected chi connectivity index (χ0v) is 15.8. The largest absolute Gasteiger partial charge is 0.467 e. The Morgan fingerprint density at radius 2 is 2.04 bits per heavy atom. The van der Waals surface area contributed by atoms with Gasteiger partial charge in [0, 0.05) is 23.8 Å². The van der Waals surface area contributed by atoms with Crippen molar-refractivity contribution in [1.29, 1.82) is 0 Å². The fourth-order valence-electron chi connectivity index (χ4n) is 2.79. The number of rotatable bonds is 6. The molecule has 4 rings (SSSR count). The quantitative estimate of drug-likeness (QED) is 0.404. The topological polar surface area (TPSA) is 46.6 Å². The summed E-state index contributed by atoms with van der Waals surface area (Å²) in [5.74, 6) is 1.70. The van der Waals surface area contributed by atoms with Crippen molar-refractivity contribution in [2.45, 2.75) is 16.5 Å². The predicted octanol–water partition coefficient (Wildman–Crippen LogP) is 5.65. The molecule has 0 saturated carbocycles. The highest BCUT2D eigenvalue weighted by atomic mass is 32.2. The van der Waals surface area contributed by atoms with Crippen LogP contribution < -0.4 is 0 Å². The number of carbonyl (C=O) groups excluding carboxylic acids is 1. The van der Waals surface area contributed by atoms with E-state index in [9.17, 15) is 4.79 Å². The number of hydrogen-bond acceptors (Lipinski definition) is 5. The summed E-state index contributed by atoms with van der Waals surface area (Å²) in [6, 6.07) is 15.6. The van der Waals surface area contributed by atoms with Gasteiger partial charge in [-0.2, -0.15) is 0 Å². The van der Waals surface area contributed by atoms with Crippen LogP contribution in [0.25, 0.3) is 11.0 Å². The molecule has 0 bridgehead atoms. The first kappa shape index (κ1) is 17.0. The van der Waals surface area contributed by atoms with Crippen molar-refractivity contribution in [2.75, 3.05) is 7.05 Å². The number of carbonyl (C=O) groups is 1. The number of amides is 1. The monoisotopic (exact) mass is 383 g/mol. The van der Waals surface area contributed by atoms with E-state index in [1.807, 2.05) is 42.5 Å². The number of fused-ring (bicyclic) bond motifs is 1. The molecule has 0 aliphatic heterocycles. The minimum absolute atomic E-state index is 0.139. The second kappa shape index (κ2) is 7.43. The zero-order chi connectivity index (χ0) is 17.9. The second-order valence-electron chi connectivity index (χ2n) is 5.87. The molecule has 4 nitrogen and oxygen atoms in total. The number of hydrogen-bond donors (Lipinski definition) is 0. The van der Waals surface area contributed by atoms with Crippen LogP contribution in [0.5, 0.6) is 0 Å². The predicted molar refractivity (Wildman–Crippen MR) is 105 cm³/mol. The Morgan fingerprint density at radius 3 is 2.81 bits per heavy atom. The first-order valence-corrected chi connectivity index (χ1v) is 10.0. The standard InChI is InChI=1S/C20H17NO3S2/c1-21(12-14-6-4-10-23-14)20(22)19-16(13-26-18-9-5-11-25-18)15-7-2-3-8-17(15)24-19/h2-11H,12-13H2,1H3. The molecule has 1 aromatic carbocycles. The van der Waals surface area contributed by atoms with Crippen molar-refractivity contribution in [3.05, 3.63) is 77.3 Å². The average Bonchev–Trinajstić information content (AvgIpc) is 3.40. The molecule has 0 saturated heterocycles. The lowest BCUT2D eigenvalue weighted by Crippen LogP contribution is -2.26. The molecule has 4 aromatic rings. The average molecular weight is 383 g/mol. The molecule has 0 radical (unpaired) electrons. The van der Waals surface area contributed by atoms with E-state index >= 15 is 0 Å². The van der Waals surface area contributed by atoms with Crippen LogP contribution in [-0.2, 0) is 12.3 Å². The van der Waals surface area contributed by atoms with Crippen molar-refractivity contribution in [1.82, 2.24) is 4.90 Å². The molecule has 6 heteroatoms. The lowest BCUT2D eigenvalue weighted by Gasteiger charge is -2.15. The van der Waals surface area contributed by atoms with Crippen LogP contribution in [0.4, 0.5) is 0 Å². The van der Waals surface area contributed by atoms with Gasteiger partial charge in [-0.15, -0.1) is 23.1 Å². The van der Waals surface area contributed by atoms with Crippen molar-refractivity contribution >= 4 is 40.0 Å². The highest BCUT2D eigenvalue weighted by Crippen LogP contribution is 2.34. The molecule has 0 spiro atoms. The van der Waals surface area contributed by atoms with Gasteiger partial charge in [-0.3, -0.25) is 4.79 Å². The fourth-order valence-corrected chi connectivity index (χ4v) is 4.60. The Morgan fingerprint density at radius 1 is 1.15 bits per heavy atom. The van der Waals surface area contributed by atoms with Crippen LogP contribution >= 0.6 is 23.1 Å². The van der Waals surface area contributed by atoms with E-state index < -0.39 is 0 Å². The van der Waals surface area contributed by atoms with Gasteiger partial charge >= 0.3 is 0 Å². The highest BCUT2D eigenvalue weighted by Gasteiger charge is 2.24. The summed E-state index contributed by atoms with van der Waals surface area (Å²) in [5, 5.41) is 3.05. The number of para-hydroxylation sites is 1. The third kappa shape index (κ3) is 3.43. The third-order valence-electron chi connectivity index (χ3n) is 4.07. The van der Waals surface area contributed by atoms with Crippen molar-refractivity contribution in [3.8, 4) is 0 Å². The molecular weight excluding hydrogens is 366 g/mol. The summed E-state index contributed by atoms with van der Waals surface area (Å²) in [6.07, 6.45) is 1.61. The summed E-state index contributed by atoms with van der Waals surface area (Å²) in [4.78, 5) is 14.6. The van der Waals surface area contributed by atoms with Crippen LogP contribution in [0, 0.1) is 0 Å². The van der Waals surface area contributed by atoms with Crippen LogP contribution in [0.3, 0.4) is 0 Å². The molecule has 3 heterocycles. The van der Waals surface area contributed by atoms with E-state index in [1.165, 1.54) is 4.21 Å².